The molecule has 0 saturated heterocycles. The molecule has 44 heavy (non-hydrogen) atoms. The molecule has 6 heteroatoms. The Kier molecular flexibility index (Phi) is 10.2. The number of rotatable bonds is 4. The van der Waals surface area contributed by atoms with E-state index in [4.69, 9.17) is 19.6 Å². The minimum atomic E-state index is -1.31. The third-order valence-corrected chi connectivity index (χ3v) is 7.71. The Hall–Kier alpha value is -3.02. The van der Waals surface area contributed by atoms with Gasteiger partial charge in [-0.2, -0.15) is 0 Å². The normalized spacial score (nSPS) is 13.4. The van der Waals surface area contributed by atoms with Crippen LogP contribution in [0.4, 0.5) is 0 Å². The fourth-order valence-electron chi connectivity index (χ4n) is 4.76. The van der Waals surface area contributed by atoms with Crippen LogP contribution in [-0.4, -0.2) is 11.9 Å². The summed E-state index contributed by atoms with van der Waals surface area (Å²) in [7, 11) is 0. The van der Waals surface area contributed by atoms with E-state index in [1.807, 2.05) is 0 Å². The van der Waals surface area contributed by atoms with E-state index >= 15 is 0 Å². The van der Waals surface area contributed by atoms with Crippen molar-refractivity contribution in [2.45, 2.75) is 157 Å². The second-order valence-corrected chi connectivity index (χ2v) is 18.2. The van der Waals surface area contributed by atoms with Crippen molar-refractivity contribution < 1.29 is 29.1 Å². The minimum Gasteiger partial charge on any atom is -0.286 e. The summed E-state index contributed by atoms with van der Waals surface area (Å²) in [5, 5.41) is 0. The first-order valence-corrected chi connectivity index (χ1v) is 15.6. The van der Waals surface area contributed by atoms with Gasteiger partial charge in [0.05, 0.1) is 0 Å². The fraction of sp³-hybridized carbons (Fsp3) is 0.632. The van der Waals surface area contributed by atoms with Gasteiger partial charge in [-0.3, -0.25) is 9.78 Å². The van der Waals surface area contributed by atoms with Crippen LogP contribution in [0.1, 0.15) is 158 Å². The number of carbonyl (C=O) groups is 2. The van der Waals surface area contributed by atoms with Gasteiger partial charge in [0.25, 0.3) is 0 Å². The molecule has 0 bridgehead atoms. The molecule has 0 saturated carbocycles. The molecule has 0 aliphatic carbocycles. The summed E-state index contributed by atoms with van der Waals surface area (Å²) in [6.45, 7) is 37.8. The van der Waals surface area contributed by atoms with Crippen molar-refractivity contribution in [1.82, 2.24) is 0 Å². The molecule has 0 N–H and O–H groups in total. The van der Waals surface area contributed by atoms with Crippen LogP contribution in [0.15, 0.2) is 24.3 Å². The summed E-state index contributed by atoms with van der Waals surface area (Å²) < 4.78 is 0. The van der Waals surface area contributed by atoms with Crippen LogP contribution in [-0.2, 0) is 51.9 Å². The molecular weight excluding hydrogens is 552 g/mol. The average Bonchev–Trinajstić information content (AvgIpc) is 2.81. The van der Waals surface area contributed by atoms with Gasteiger partial charge in [0.15, 0.2) is 11.5 Å². The van der Waals surface area contributed by atoms with Crippen molar-refractivity contribution in [3.63, 3.8) is 0 Å². The highest BCUT2D eigenvalue weighted by molar-refractivity contribution is 6.29. The van der Waals surface area contributed by atoms with E-state index in [2.05, 4.69) is 149 Å². The summed E-state index contributed by atoms with van der Waals surface area (Å²) in [5.74, 6) is -1.79. The van der Waals surface area contributed by atoms with Crippen molar-refractivity contribution in [1.29, 1.82) is 0 Å². The molecule has 0 atom stereocenters. The third-order valence-electron chi connectivity index (χ3n) is 7.71. The summed E-state index contributed by atoms with van der Waals surface area (Å²) in [5.41, 5.74) is 4.20. The van der Waals surface area contributed by atoms with Gasteiger partial charge in [0.2, 0.25) is 0 Å². The standard InChI is InChI=1S/C38H58O6/c1-33(2,3)23-19-25(35(7,8)9)29(26(20-23)36(10,11)12)41-43-31(39)32(40)44-42-30-27(37(13,14)15)21-24(34(4,5)6)22-28(30)38(16,17)18/h19-22H,1-18H3. The number of benzene rings is 2. The highest BCUT2D eigenvalue weighted by atomic mass is 17.2. The quantitative estimate of drug-likeness (QED) is 0.195. The number of hydrogen-bond acceptors (Lipinski definition) is 6. The molecular formula is C38H58O6. The van der Waals surface area contributed by atoms with Gasteiger partial charge in [-0.25, -0.2) is 19.4 Å². The zero-order valence-electron chi connectivity index (χ0n) is 30.8. The van der Waals surface area contributed by atoms with Crippen LogP contribution in [0.2, 0.25) is 0 Å². The summed E-state index contributed by atoms with van der Waals surface area (Å²) in [6, 6.07) is 8.35. The first-order valence-electron chi connectivity index (χ1n) is 15.6. The first-order chi connectivity index (χ1) is 19.5. The van der Waals surface area contributed by atoms with E-state index in [-0.39, 0.29) is 32.5 Å². The Labute approximate surface area is 267 Å². The molecule has 2 aromatic rings. The molecule has 2 rings (SSSR count). The molecule has 246 valence electrons. The maximum Gasteiger partial charge on any atom is 0.467 e. The number of carbonyl (C=O) groups excluding carboxylic acids is 2. The molecule has 0 radical (unpaired) electrons. The van der Waals surface area contributed by atoms with Gasteiger partial charge in [0, 0.05) is 22.3 Å². The Morgan fingerprint density at radius 3 is 0.750 bits per heavy atom. The van der Waals surface area contributed by atoms with Gasteiger partial charge in [-0.05, 0) is 43.6 Å². The second kappa shape index (κ2) is 12.1. The Balaban J connectivity index is 2.47. The molecule has 0 aromatic heterocycles. The van der Waals surface area contributed by atoms with Gasteiger partial charge in [-0.15, -0.1) is 0 Å². The molecule has 0 aliphatic rings. The first kappa shape index (κ1) is 37.2. The van der Waals surface area contributed by atoms with E-state index in [9.17, 15) is 9.59 Å². The molecule has 2 aromatic carbocycles. The van der Waals surface area contributed by atoms with Gasteiger partial charge in [-0.1, -0.05) is 149 Å². The molecule has 0 amide bonds. The van der Waals surface area contributed by atoms with Crippen LogP contribution < -0.4 is 9.78 Å². The average molecular weight is 611 g/mol. The van der Waals surface area contributed by atoms with E-state index in [1.165, 1.54) is 0 Å². The smallest absolute Gasteiger partial charge is 0.286 e. The predicted molar refractivity (Wildman–Crippen MR) is 179 cm³/mol. The van der Waals surface area contributed by atoms with Crippen molar-refractivity contribution >= 4 is 11.9 Å². The summed E-state index contributed by atoms with van der Waals surface area (Å²) in [4.78, 5) is 47.6. The molecule has 0 spiro atoms. The van der Waals surface area contributed by atoms with Gasteiger partial charge < -0.3 is 0 Å². The monoisotopic (exact) mass is 610 g/mol. The zero-order valence-corrected chi connectivity index (χ0v) is 30.8. The van der Waals surface area contributed by atoms with Crippen molar-refractivity contribution in [2.24, 2.45) is 0 Å². The van der Waals surface area contributed by atoms with E-state index in [1.54, 1.807) is 0 Å². The van der Waals surface area contributed by atoms with Crippen molar-refractivity contribution in [2.75, 3.05) is 0 Å². The van der Waals surface area contributed by atoms with Crippen molar-refractivity contribution in [3.05, 3.63) is 57.6 Å². The SMILES string of the molecule is CC(C)(C)c1cc(C(C)(C)C)c(OOC(=O)C(=O)OOc2c(C(C)(C)C)cc(C(C)(C)C)cc2C(C)(C)C)c(C(C)(C)C)c1. The minimum absolute atomic E-state index is 0.112. The van der Waals surface area contributed by atoms with Crippen molar-refractivity contribution in [3.8, 4) is 11.5 Å². The van der Waals surface area contributed by atoms with E-state index in [0.29, 0.717) is 11.5 Å². The van der Waals surface area contributed by atoms with E-state index < -0.39 is 11.9 Å². The Morgan fingerprint density at radius 2 is 0.591 bits per heavy atom. The van der Waals surface area contributed by atoms with Crippen LogP contribution in [0.3, 0.4) is 0 Å². The Morgan fingerprint density at radius 1 is 0.386 bits per heavy atom. The predicted octanol–water partition coefficient (Wildman–Crippen LogP) is 9.85. The van der Waals surface area contributed by atoms with Crippen LogP contribution >= 0.6 is 0 Å². The largest absolute Gasteiger partial charge is 0.467 e. The lowest BCUT2D eigenvalue weighted by molar-refractivity contribution is -0.242. The maximum atomic E-state index is 12.9. The number of hydrogen-bond donors (Lipinski definition) is 0. The highest BCUT2D eigenvalue weighted by Crippen LogP contribution is 2.44. The fourth-order valence-corrected chi connectivity index (χ4v) is 4.76. The van der Waals surface area contributed by atoms with Crippen LogP contribution in [0.5, 0.6) is 11.5 Å². The van der Waals surface area contributed by atoms with Gasteiger partial charge in [0.1, 0.15) is 0 Å². The van der Waals surface area contributed by atoms with Gasteiger partial charge >= 0.3 is 11.9 Å². The lowest BCUT2D eigenvalue weighted by Crippen LogP contribution is -2.28. The summed E-state index contributed by atoms with van der Waals surface area (Å²) in [6.07, 6.45) is 0. The summed E-state index contributed by atoms with van der Waals surface area (Å²) >= 11 is 0. The molecule has 0 unspecified atom stereocenters. The lowest BCUT2D eigenvalue weighted by Gasteiger charge is -2.32. The third kappa shape index (κ3) is 9.01. The van der Waals surface area contributed by atoms with Crippen LogP contribution in [0, 0.1) is 0 Å². The second-order valence-electron chi connectivity index (χ2n) is 18.2. The Bertz CT molecular complexity index is 1190. The molecule has 0 aliphatic heterocycles. The molecule has 0 fully saturated rings. The zero-order chi connectivity index (χ0) is 34.4. The molecule has 0 heterocycles. The topological polar surface area (TPSA) is 71.1 Å². The maximum absolute atomic E-state index is 12.9. The highest BCUT2D eigenvalue weighted by Gasteiger charge is 2.35. The molecule has 6 nitrogen and oxygen atoms in total. The van der Waals surface area contributed by atoms with Crippen LogP contribution in [0.25, 0.3) is 0 Å². The van der Waals surface area contributed by atoms with E-state index in [0.717, 1.165) is 33.4 Å². The lowest BCUT2D eigenvalue weighted by atomic mass is 9.75.